The van der Waals surface area contributed by atoms with Crippen molar-refractivity contribution in [2.75, 3.05) is 25.5 Å². The quantitative estimate of drug-likeness (QED) is 0.518. The number of rotatable bonds is 7. The Morgan fingerprint density at radius 1 is 1.24 bits per heavy atom. The molecule has 0 bridgehead atoms. The number of hydrogen-bond donors (Lipinski definition) is 1. The predicted octanol–water partition coefficient (Wildman–Crippen LogP) is 4.05. The van der Waals surface area contributed by atoms with Crippen molar-refractivity contribution in [2.24, 2.45) is 5.92 Å². The molecule has 0 aliphatic carbocycles. The van der Waals surface area contributed by atoms with Crippen molar-refractivity contribution < 1.29 is 17.9 Å². The molecule has 1 saturated heterocycles. The molecule has 1 fully saturated rings. The standard InChI is InChI=1S/C22H23ClN4O4S2/c1-31-19-9-7-16(8-10-19)21-25-26-22(32-21)24-20(28)17-5-3-11-27(13-17)33(29,30)14-15-4-2-6-18(23)12-15/h2,4,6-10,12,17H,3,5,11,13-14H2,1H3,(H,24,26,28). The van der Waals surface area contributed by atoms with Gasteiger partial charge in [0.15, 0.2) is 0 Å². The van der Waals surface area contributed by atoms with Crippen LogP contribution in [0.4, 0.5) is 5.13 Å². The molecule has 8 nitrogen and oxygen atoms in total. The Kier molecular flexibility index (Phi) is 7.28. The van der Waals surface area contributed by atoms with Gasteiger partial charge >= 0.3 is 0 Å². The number of hydrogen-bond acceptors (Lipinski definition) is 7. The number of nitrogens with zero attached hydrogens (tertiary/aromatic N) is 3. The van der Waals surface area contributed by atoms with E-state index in [1.54, 1.807) is 31.4 Å². The van der Waals surface area contributed by atoms with Crippen LogP contribution < -0.4 is 10.1 Å². The van der Waals surface area contributed by atoms with Crippen molar-refractivity contribution in [3.05, 3.63) is 59.1 Å². The van der Waals surface area contributed by atoms with Crippen LogP contribution in [-0.4, -0.2) is 49.0 Å². The molecule has 1 N–H and O–H groups in total. The van der Waals surface area contributed by atoms with Crippen LogP contribution in [0.1, 0.15) is 18.4 Å². The van der Waals surface area contributed by atoms with Gasteiger partial charge in [-0.25, -0.2) is 12.7 Å². The van der Waals surface area contributed by atoms with Gasteiger partial charge in [0.05, 0.1) is 18.8 Å². The van der Waals surface area contributed by atoms with E-state index >= 15 is 0 Å². The van der Waals surface area contributed by atoms with Gasteiger partial charge in [-0.15, -0.1) is 10.2 Å². The van der Waals surface area contributed by atoms with Gasteiger partial charge in [0.1, 0.15) is 10.8 Å². The summed E-state index contributed by atoms with van der Waals surface area (Å²) in [7, 11) is -1.97. The molecule has 1 unspecified atom stereocenters. The monoisotopic (exact) mass is 506 g/mol. The maximum atomic E-state index is 12.9. The first-order valence-electron chi connectivity index (χ1n) is 10.3. The lowest BCUT2D eigenvalue weighted by Crippen LogP contribution is -2.44. The second kappa shape index (κ2) is 10.2. The molecule has 1 aromatic heterocycles. The van der Waals surface area contributed by atoms with Gasteiger partial charge < -0.3 is 10.1 Å². The minimum atomic E-state index is -3.57. The summed E-state index contributed by atoms with van der Waals surface area (Å²) < 4.78 is 32.4. The molecule has 3 aromatic rings. The van der Waals surface area contributed by atoms with Crippen LogP contribution in [0.25, 0.3) is 10.6 Å². The number of piperidine rings is 1. The Morgan fingerprint density at radius 3 is 2.76 bits per heavy atom. The minimum absolute atomic E-state index is 0.138. The molecule has 33 heavy (non-hydrogen) atoms. The molecule has 0 spiro atoms. The second-order valence-electron chi connectivity index (χ2n) is 7.71. The van der Waals surface area contributed by atoms with Gasteiger partial charge in [0.25, 0.3) is 0 Å². The van der Waals surface area contributed by atoms with E-state index in [9.17, 15) is 13.2 Å². The number of methoxy groups -OCH3 is 1. The van der Waals surface area contributed by atoms with E-state index in [1.807, 2.05) is 24.3 Å². The first kappa shape index (κ1) is 23.6. The van der Waals surface area contributed by atoms with Crippen LogP contribution in [0.3, 0.4) is 0 Å². The lowest BCUT2D eigenvalue weighted by atomic mass is 9.99. The Hall–Kier alpha value is -2.53. The summed E-state index contributed by atoms with van der Waals surface area (Å²) >= 11 is 7.24. The fraction of sp³-hybridized carbons (Fsp3) is 0.318. The predicted molar refractivity (Wildman–Crippen MR) is 129 cm³/mol. The Bertz CT molecular complexity index is 1230. The first-order chi connectivity index (χ1) is 15.8. The Labute approximate surface area is 201 Å². The summed E-state index contributed by atoms with van der Waals surface area (Å²) in [4.78, 5) is 12.8. The van der Waals surface area contributed by atoms with Gasteiger partial charge in [0.2, 0.25) is 21.1 Å². The lowest BCUT2D eigenvalue weighted by Gasteiger charge is -2.31. The molecule has 0 saturated carbocycles. The zero-order valence-electron chi connectivity index (χ0n) is 17.9. The van der Waals surface area contributed by atoms with Crippen LogP contribution in [0, 0.1) is 5.92 Å². The van der Waals surface area contributed by atoms with Crippen molar-refractivity contribution >= 4 is 44.0 Å². The van der Waals surface area contributed by atoms with Gasteiger partial charge in [0, 0.05) is 23.7 Å². The smallest absolute Gasteiger partial charge is 0.230 e. The van der Waals surface area contributed by atoms with Gasteiger partial charge in [-0.1, -0.05) is 35.1 Å². The number of amides is 1. The molecule has 174 valence electrons. The number of ether oxygens (including phenoxy) is 1. The maximum Gasteiger partial charge on any atom is 0.230 e. The molecular weight excluding hydrogens is 484 g/mol. The molecule has 0 radical (unpaired) electrons. The van der Waals surface area contributed by atoms with Crippen molar-refractivity contribution in [2.45, 2.75) is 18.6 Å². The van der Waals surface area contributed by atoms with E-state index in [-0.39, 0.29) is 18.2 Å². The molecule has 2 heterocycles. The maximum absolute atomic E-state index is 12.9. The van der Waals surface area contributed by atoms with E-state index in [2.05, 4.69) is 15.5 Å². The lowest BCUT2D eigenvalue weighted by molar-refractivity contribution is -0.120. The van der Waals surface area contributed by atoms with Crippen LogP contribution >= 0.6 is 22.9 Å². The highest BCUT2D eigenvalue weighted by atomic mass is 35.5. The Morgan fingerprint density at radius 2 is 2.03 bits per heavy atom. The van der Waals surface area contributed by atoms with E-state index in [1.165, 1.54) is 15.6 Å². The molecule has 1 atom stereocenters. The molecule has 4 rings (SSSR count). The van der Waals surface area contributed by atoms with E-state index < -0.39 is 15.9 Å². The van der Waals surface area contributed by atoms with Crippen molar-refractivity contribution in [3.63, 3.8) is 0 Å². The van der Waals surface area contributed by atoms with E-state index in [0.717, 1.165) is 11.3 Å². The number of aromatic nitrogens is 2. The highest BCUT2D eigenvalue weighted by molar-refractivity contribution is 7.88. The number of carbonyl (C=O) groups is 1. The second-order valence-corrected chi connectivity index (χ2v) is 11.1. The minimum Gasteiger partial charge on any atom is -0.497 e. The number of nitrogens with one attached hydrogen (secondary N) is 1. The fourth-order valence-electron chi connectivity index (χ4n) is 3.67. The largest absolute Gasteiger partial charge is 0.497 e. The number of benzene rings is 2. The first-order valence-corrected chi connectivity index (χ1v) is 13.2. The molecule has 1 aliphatic rings. The van der Waals surface area contributed by atoms with Crippen molar-refractivity contribution in [1.82, 2.24) is 14.5 Å². The Balaban J connectivity index is 1.39. The van der Waals surface area contributed by atoms with Crippen molar-refractivity contribution in [3.8, 4) is 16.3 Å². The molecule has 1 amide bonds. The summed E-state index contributed by atoms with van der Waals surface area (Å²) in [5.74, 6) is -0.121. The van der Waals surface area contributed by atoms with Crippen LogP contribution in [0.2, 0.25) is 5.02 Å². The van der Waals surface area contributed by atoms with Crippen LogP contribution in [0.15, 0.2) is 48.5 Å². The van der Waals surface area contributed by atoms with Gasteiger partial charge in [-0.3, -0.25) is 4.79 Å². The normalized spacial score (nSPS) is 17.0. The highest BCUT2D eigenvalue weighted by Crippen LogP contribution is 2.29. The molecule has 11 heteroatoms. The van der Waals surface area contributed by atoms with Gasteiger partial charge in [-0.05, 0) is 54.8 Å². The summed E-state index contributed by atoms with van der Waals surface area (Å²) in [6, 6.07) is 14.2. The van der Waals surface area contributed by atoms with Gasteiger partial charge in [-0.2, -0.15) is 0 Å². The summed E-state index contributed by atoms with van der Waals surface area (Å²) in [6.07, 6.45) is 1.22. The number of sulfonamides is 1. The molecule has 1 aliphatic heterocycles. The van der Waals surface area contributed by atoms with Crippen LogP contribution in [-0.2, 0) is 20.6 Å². The SMILES string of the molecule is COc1ccc(-c2nnc(NC(=O)C3CCCN(S(=O)(=O)Cc4cccc(Cl)c4)C3)s2)cc1. The van der Waals surface area contributed by atoms with E-state index in [4.69, 9.17) is 16.3 Å². The van der Waals surface area contributed by atoms with E-state index in [0.29, 0.717) is 40.1 Å². The average Bonchev–Trinajstić information content (AvgIpc) is 3.27. The summed E-state index contributed by atoms with van der Waals surface area (Å²) in [5, 5.41) is 12.5. The van der Waals surface area contributed by atoms with Crippen LogP contribution in [0.5, 0.6) is 5.75 Å². The third kappa shape index (κ3) is 5.89. The number of anilines is 1. The fourth-order valence-corrected chi connectivity index (χ4v) is 6.23. The van der Waals surface area contributed by atoms with Crippen molar-refractivity contribution in [1.29, 1.82) is 0 Å². The number of halogens is 1. The highest BCUT2D eigenvalue weighted by Gasteiger charge is 2.32. The third-order valence-electron chi connectivity index (χ3n) is 5.38. The summed E-state index contributed by atoms with van der Waals surface area (Å²) in [5.41, 5.74) is 1.48. The average molecular weight is 507 g/mol. The third-order valence-corrected chi connectivity index (χ3v) is 8.32. The summed E-state index contributed by atoms with van der Waals surface area (Å²) in [6.45, 7) is 0.534. The topological polar surface area (TPSA) is 101 Å². The molecule has 2 aromatic carbocycles. The zero-order chi connectivity index (χ0) is 23.4. The zero-order valence-corrected chi connectivity index (χ0v) is 20.3. The molecular formula is C22H23ClN4O4S2. The number of carbonyl (C=O) groups excluding carboxylic acids is 1.